The number of ether oxygens (including phenoxy) is 1. The van der Waals surface area contributed by atoms with Gasteiger partial charge in [0, 0.05) is 17.8 Å². The normalized spacial score (nSPS) is 13.5. The lowest BCUT2D eigenvalue weighted by molar-refractivity contribution is -0.384. The van der Waals surface area contributed by atoms with Crippen molar-refractivity contribution in [2.45, 2.75) is 6.92 Å². The molecule has 8 nitrogen and oxygen atoms in total. The molecule has 3 aromatic rings. The molecule has 0 saturated heterocycles. The minimum absolute atomic E-state index is 0.00216. The molecule has 0 saturated carbocycles. The molecule has 1 aliphatic heterocycles. The molecule has 4 rings (SSSR count). The molecular weight excluding hydrogens is 429 g/mol. The Morgan fingerprint density at radius 1 is 0.939 bits per heavy atom. The number of rotatable bonds is 7. The summed E-state index contributed by atoms with van der Waals surface area (Å²) >= 11 is 0. The van der Waals surface area contributed by atoms with Crippen molar-refractivity contribution in [1.29, 1.82) is 0 Å². The Kier molecular flexibility index (Phi) is 5.86. The van der Waals surface area contributed by atoms with E-state index in [4.69, 9.17) is 4.74 Å². The Morgan fingerprint density at radius 2 is 1.58 bits per heavy atom. The largest absolute Gasteiger partial charge is 0.494 e. The van der Waals surface area contributed by atoms with Gasteiger partial charge in [0.05, 0.1) is 22.8 Å². The molecule has 9 heteroatoms. The minimum atomic E-state index is -0.631. The molecule has 0 aromatic heterocycles. The maximum Gasteiger partial charge on any atom is 0.282 e. The highest BCUT2D eigenvalue weighted by atomic mass is 19.1. The molecule has 3 aromatic carbocycles. The smallest absolute Gasteiger partial charge is 0.282 e. The highest BCUT2D eigenvalue weighted by Crippen LogP contribution is 2.34. The molecule has 0 unspecified atom stereocenters. The van der Waals surface area contributed by atoms with Gasteiger partial charge in [-0.15, -0.1) is 0 Å². The summed E-state index contributed by atoms with van der Waals surface area (Å²) in [5.41, 5.74) is 0.976. The number of nitrogens with zero attached hydrogens (tertiary/aromatic N) is 2. The van der Waals surface area contributed by atoms with Gasteiger partial charge in [-0.3, -0.25) is 19.7 Å². The quantitative estimate of drug-likeness (QED) is 0.324. The fourth-order valence-electron chi connectivity index (χ4n) is 3.43. The molecule has 0 atom stereocenters. The van der Waals surface area contributed by atoms with Crippen molar-refractivity contribution in [2.75, 3.05) is 16.8 Å². The average Bonchev–Trinajstić information content (AvgIpc) is 3.05. The van der Waals surface area contributed by atoms with Crippen LogP contribution in [0.5, 0.6) is 5.75 Å². The Labute approximate surface area is 188 Å². The van der Waals surface area contributed by atoms with Gasteiger partial charge in [0.1, 0.15) is 17.3 Å². The second kappa shape index (κ2) is 8.91. The number of non-ortho nitro benzene ring substituents is 1. The van der Waals surface area contributed by atoms with Crippen LogP contribution in [0.2, 0.25) is 0 Å². The van der Waals surface area contributed by atoms with Gasteiger partial charge in [-0.05, 0) is 73.2 Å². The summed E-state index contributed by atoms with van der Waals surface area (Å²) in [5, 5.41) is 14.0. The van der Waals surface area contributed by atoms with Gasteiger partial charge in [0.2, 0.25) is 0 Å². The molecule has 1 heterocycles. The third-order valence-electron chi connectivity index (χ3n) is 4.97. The molecule has 166 valence electrons. The third kappa shape index (κ3) is 4.29. The summed E-state index contributed by atoms with van der Waals surface area (Å²) in [6, 6.07) is 17.1. The van der Waals surface area contributed by atoms with E-state index in [-0.39, 0.29) is 22.6 Å². The lowest BCUT2D eigenvalue weighted by Crippen LogP contribution is -2.32. The number of anilines is 2. The predicted octanol–water partition coefficient (Wildman–Crippen LogP) is 4.53. The van der Waals surface area contributed by atoms with Crippen LogP contribution in [0.4, 0.5) is 21.5 Å². The van der Waals surface area contributed by atoms with Crippen LogP contribution in [0.15, 0.2) is 78.5 Å². The third-order valence-corrected chi connectivity index (χ3v) is 4.97. The van der Waals surface area contributed by atoms with E-state index in [1.807, 2.05) is 6.92 Å². The first kappa shape index (κ1) is 21.7. The number of benzene rings is 3. The summed E-state index contributed by atoms with van der Waals surface area (Å²) < 4.78 is 18.8. The number of nitrogens with one attached hydrogen (secondary N) is 1. The van der Waals surface area contributed by atoms with Crippen molar-refractivity contribution >= 4 is 34.4 Å². The first-order valence-electron chi connectivity index (χ1n) is 10.0. The number of nitro benzene ring substituents is 1. The van der Waals surface area contributed by atoms with Gasteiger partial charge in [-0.25, -0.2) is 9.29 Å². The molecular formula is C24H18FN3O5. The van der Waals surface area contributed by atoms with Crippen molar-refractivity contribution in [3.8, 4) is 5.75 Å². The van der Waals surface area contributed by atoms with Crippen LogP contribution in [0.1, 0.15) is 12.5 Å². The van der Waals surface area contributed by atoms with Crippen LogP contribution in [-0.2, 0) is 9.59 Å². The van der Waals surface area contributed by atoms with E-state index in [1.165, 1.54) is 36.4 Å². The highest BCUT2D eigenvalue weighted by Gasteiger charge is 2.40. The topological polar surface area (TPSA) is 102 Å². The van der Waals surface area contributed by atoms with E-state index in [0.29, 0.717) is 23.6 Å². The van der Waals surface area contributed by atoms with Crippen LogP contribution in [0.3, 0.4) is 0 Å². The number of amides is 2. The number of hydrogen-bond donors (Lipinski definition) is 1. The molecule has 1 N–H and O–H groups in total. The van der Waals surface area contributed by atoms with E-state index < -0.39 is 22.6 Å². The number of halogens is 1. The van der Waals surface area contributed by atoms with Gasteiger partial charge in [0.25, 0.3) is 17.5 Å². The van der Waals surface area contributed by atoms with E-state index >= 15 is 0 Å². The molecule has 0 spiro atoms. The number of imide groups is 1. The Bertz CT molecular complexity index is 1250. The molecule has 0 radical (unpaired) electrons. The Morgan fingerprint density at radius 3 is 2.15 bits per heavy atom. The molecule has 0 aliphatic carbocycles. The first-order chi connectivity index (χ1) is 15.9. The van der Waals surface area contributed by atoms with Gasteiger partial charge >= 0.3 is 0 Å². The van der Waals surface area contributed by atoms with E-state index in [2.05, 4.69) is 5.32 Å². The van der Waals surface area contributed by atoms with E-state index in [1.54, 1.807) is 24.3 Å². The summed E-state index contributed by atoms with van der Waals surface area (Å²) in [4.78, 5) is 38.0. The van der Waals surface area contributed by atoms with E-state index in [9.17, 15) is 24.1 Å². The summed E-state index contributed by atoms with van der Waals surface area (Å²) in [7, 11) is 0. The van der Waals surface area contributed by atoms with Crippen LogP contribution in [-0.4, -0.2) is 23.3 Å². The number of hydrogen-bond acceptors (Lipinski definition) is 6. The SMILES string of the molecule is CCOc1ccc(NC2=C(c3ccc([N+](=O)[O-])cc3)C(=O)N(c3ccc(F)cc3)C2=O)cc1. The summed E-state index contributed by atoms with van der Waals surface area (Å²) in [6.07, 6.45) is 0. The maximum absolute atomic E-state index is 13.4. The average molecular weight is 447 g/mol. The second-order valence-corrected chi connectivity index (χ2v) is 7.06. The molecule has 33 heavy (non-hydrogen) atoms. The molecule has 2 amide bonds. The van der Waals surface area contributed by atoms with Gasteiger partial charge in [-0.2, -0.15) is 0 Å². The van der Waals surface area contributed by atoms with Gasteiger partial charge < -0.3 is 10.1 Å². The zero-order valence-electron chi connectivity index (χ0n) is 17.4. The Hall–Kier alpha value is -4.53. The summed E-state index contributed by atoms with van der Waals surface area (Å²) in [6.45, 7) is 2.36. The van der Waals surface area contributed by atoms with Crippen LogP contribution < -0.4 is 15.0 Å². The van der Waals surface area contributed by atoms with Crippen molar-refractivity contribution in [1.82, 2.24) is 0 Å². The van der Waals surface area contributed by atoms with E-state index in [0.717, 1.165) is 17.0 Å². The molecule has 1 aliphatic rings. The van der Waals surface area contributed by atoms with Crippen LogP contribution in [0, 0.1) is 15.9 Å². The number of nitro groups is 1. The fraction of sp³-hybridized carbons (Fsp3) is 0.0833. The first-order valence-corrected chi connectivity index (χ1v) is 10.0. The zero-order chi connectivity index (χ0) is 23.5. The Balaban J connectivity index is 1.76. The monoisotopic (exact) mass is 447 g/mol. The standard InChI is InChI=1S/C24H18FN3O5/c1-2-33-20-13-7-17(8-14-20)26-22-21(15-3-9-19(10-4-15)28(31)32)23(29)27(24(22)30)18-11-5-16(25)6-12-18/h3-14,26H,2H2,1H3. The van der Waals surface area contributed by atoms with Crippen molar-refractivity contribution in [2.24, 2.45) is 0 Å². The molecule has 0 fully saturated rings. The van der Waals surface area contributed by atoms with Crippen molar-refractivity contribution in [3.63, 3.8) is 0 Å². The van der Waals surface area contributed by atoms with Gasteiger partial charge in [-0.1, -0.05) is 0 Å². The van der Waals surface area contributed by atoms with Gasteiger partial charge in [0.15, 0.2) is 0 Å². The lowest BCUT2D eigenvalue weighted by Gasteiger charge is -2.15. The summed E-state index contributed by atoms with van der Waals surface area (Å²) in [5.74, 6) is -1.12. The van der Waals surface area contributed by atoms with Crippen LogP contribution >= 0.6 is 0 Å². The number of carbonyl (C=O) groups excluding carboxylic acids is 2. The highest BCUT2D eigenvalue weighted by molar-refractivity contribution is 6.46. The minimum Gasteiger partial charge on any atom is -0.494 e. The van der Waals surface area contributed by atoms with Crippen LogP contribution in [0.25, 0.3) is 5.57 Å². The maximum atomic E-state index is 13.4. The zero-order valence-corrected chi connectivity index (χ0v) is 17.4. The lowest BCUT2D eigenvalue weighted by atomic mass is 10.0. The van der Waals surface area contributed by atoms with Crippen molar-refractivity contribution < 1.29 is 23.6 Å². The second-order valence-electron chi connectivity index (χ2n) is 7.06. The molecule has 0 bridgehead atoms. The van der Waals surface area contributed by atoms with Crippen molar-refractivity contribution in [3.05, 3.63) is 100.0 Å². The number of carbonyl (C=O) groups is 2. The fourth-order valence-corrected chi connectivity index (χ4v) is 3.43. The predicted molar refractivity (Wildman–Crippen MR) is 120 cm³/mol.